The summed E-state index contributed by atoms with van der Waals surface area (Å²) in [7, 11) is 1.75. The summed E-state index contributed by atoms with van der Waals surface area (Å²) < 4.78 is 5.57. The lowest BCUT2D eigenvalue weighted by molar-refractivity contribution is 0.410. The van der Waals surface area contributed by atoms with Gasteiger partial charge in [0, 0.05) is 23.8 Å². The first-order chi connectivity index (χ1) is 12.7. The Hall–Kier alpha value is -2.00. The maximum Gasteiger partial charge on any atom is 0.123 e. The van der Waals surface area contributed by atoms with Crippen LogP contribution in [0.3, 0.4) is 0 Å². The van der Waals surface area contributed by atoms with E-state index in [0.29, 0.717) is 12.0 Å². The Labute approximate surface area is 158 Å². The third-order valence-electron chi connectivity index (χ3n) is 5.57. The zero-order valence-electron chi connectivity index (χ0n) is 16.3. The largest absolute Gasteiger partial charge is 0.496 e. The monoisotopic (exact) mass is 352 g/mol. The van der Waals surface area contributed by atoms with Crippen LogP contribution in [0, 0.1) is 0 Å². The van der Waals surface area contributed by atoms with Crippen molar-refractivity contribution in [1.82, 2.24) is 5.32 Å². The number of rotatable bonds is 7. The molecule has 3 heteroatoms. The van der Waals surface area contributed by atoms with Gasteiger partial charge in [-0.15, -0.1) is 0 Å². The Kier molecular flexibility index (Phi) is 6.56. The van der Waals surface area contributed by atoms with Gasteiger partial charge >= 0.3 is 0 Å². The van der Waals surface area contributed by atoms with Crippen molar-refractivity contribution in [2.75, 3.05) is 19.0 Å². The van der Waals surface area contributed by atoms with E-state index in [1.54, 1.807) is 7.11 Å². The summed E-state index contributed by atoms with van der Waals surface area (Å²) in [5, 5.41) is 7.22. The molecule has 1 unspecified atom stereocenters. The van der Waals surface area contributed by atoms with Crippen LogP contribution in [0.4, 0.5) is 5.69 Å². The van der Waals surface area contributed by atoms with E-state index >= 15 is 0 Å². The van der Waals surface area contributed by atoms with E-state index in [-0.39, 0.29) is 0 Å². The first-order valence-electron chi connectivity index (χ1n) is 9.95. The molecular formula is C23H32N2O. The van der Waals surface area contributed by atoms with Gasteiger partial charge in [-0.2, -0.15) is 0 Å². The van der Waals surface area contributed by atoms with Crippen molar-refractivity contribution in [2.45, 2.75) is 58.0 Å². The fourth-order valence-electron chi connectivity index (χ4n) is 3.68. The Morgan fingerprint density at radius 3 is 2.81 bits per heavy atom. The van der Waals surface area contributed by atoms with Crippen molar-refractivity contribution in [2.24, 2.45) is 0 Å². The molecule has 0 bridgehead atoms. The van der Waals surface area contributed by atoms with Gasteiger partial charge < -0.3 is 15.4 Å². The smallest absolute Gasteiger partial charge is 0.123 e. The van der Waals surface area contributed by atoms with Crippen LogP contribution in [0.1, 0.15) is 68.2 Å². The molecule has 0 radical (unpaired) electrons. The van der Waals surface area contributed by atoms with Crippen LogP contribution in [0.2, 0.25) is 0 Å². The first kappa shape index (κ1) is 18.8. The van der Waals surface area contributed by atoms with E-state index in [9.17, 15) is 0 Å². The summed E-state index contributed by atoms with van der Waals surface area (Å²) in [4.78, 5) is 0. The Morgan fingerprint density at radius 1 is 1.19 bits per heavy atom. The van der Waals surface area contributed by atoms with Crippen molar-refractivity contribution >= 4 is 5.69 Å². The zero-order chi connectivity index (χ0) is 18.4. The molecule has 1 heterocycles. The highest BCUT2D eigenvalue weighted by atomic mass is 16.5. The van der Waals surface area contributed by atoms with Crippen LogP contribution in [0.15, 0.2) is 42.5 Å². The maximum atomic E-state index is 5.57. The van der Waals surface area contributed by atoms with Crippen molar-refractivity contribution in [3.05, 3.63) is 59.2 Å². The van der Waals surface area contributed by atoms with E-state index in [4.69, 9.17) is 4.74 Å². The predicted octanol–water partition coefficient (Wildman–Crippen LogP) is 5.64. The molecule has 2 atom stereocenters. The molecule has 0 aliphatic carbocycles. The van der Waals surface area contributed by atoms with Crippen LogP contribution in [0.25, 0.3) is 0 Å². The van der Waals surface area contributed by atoms with Gasteiger partial charge in [0.15, 0.2) is 0 Å². The number of hydrogen-bond acceptors (Lipinski definition) is 3. The topological polar surface area (TPSA) is 33.3 Å². The minimum Gasteiger partial charge on any atom is -0.496 e. The molecule has 2 aromatic rings. The summed E-state index contributed by atoms with van der Waals surface area (Å²) in [6, 6.07) is 15.9. The van der Waals surface area contributed by atoms with Crippen LogP contribution in [-0.4, -0.2) is 13.7 Å². The molecule has 1 aliphatic rings. The first-order valence-corrected chi connectivity index (χ1v) is 9.95. The molecule has 0 aromatic heterocycles. The second-order valence-corrected chi connectivity index (χ2v) is 7.36. The fraction of sp³-hybridized carbons (Fsp3) is 0.478. The molecule has 3 nitrogen and oxygen atoms in total. The molecule has 1 fully saturated rings. The van der Waals surface area contributed by atoms with E-state index in [1.807, 2.05) is 0 Å². The quantitative estimate of drug-likeness (QED) is 0.677. The molecule has 2 aromatic carbocycles. The molecular weight excluding hydrogens is 320 g/mol. The second kappa shape index (κ2) is 9.09. The second-order valence-electron chi connectivity index (χ2n) is 7.36. The molecule has 0 saturated carbocycles. The number of anilines is 1. The highest BCUT2D eigenvalue weighted by Gasteiger charge is 2.15. The van der Waals surface area contributed by atoms with Crippen molar-refractivity contribution in [3.8, 4) is 5.75 Å². The molecule has 1 aliphatic heterocycles. The van der Waals surface area contributed by atoms with Crippen LogP contribution in [0.5, 0.6) is 5.75 Å². The van der Waals surface area contributed by atoms with Gasteiger partial charge in [-0.25, -0.2) is 0 Å². The summed E-state index contributed by atoms with van der Waals surface area (Å²) in [6.45, 7) is 6.41. The molecule has 0 spiro atoms. The lowest BCUT2D eigenvalue weighted by Crippen LogP contribution is -2.26. The number of hydrogen-bond donors (Lipinski definition) is 2. The Balaban J connectivity index is 1.72. The van der Waals surface area contributed by atoms with E-state index in [1.165, 1.54) is 41.6 Å². The third-order valence-corrected chi connectivity index (χ3v) is 5.57. The number of piperidine rings is 1. The van der Waals surface area contributed by atoms with Crippen molar-refractivity contribution in [3.63, 3.8) is 0 Å². The summed E-state index contributed by atoms with van der Waals surface area (Å²) in [5.74, 6) is 1.52. The number of benzene rings is 2. The van der Waals surface area contributed by atoms with Crippen molar-refractivity contribution in [1.29, 1.82) is 0 Å². The van der Waals surface area contributed by atoms with E-state index in [0.717, 1.165) is 25.3 Å². The molecule has 26 heavy (non-hydrogen) atoms. The minimum atomic E-state index is 0.494. The number of methoxy groups -OCH3 is 1. The van der Waals surface area contributed by atoms with Crippen molar-refractivity contribution < 1.29 is 4.74 Å². The molecule has 2 N–H and O–H groups in total. The Bertz CT molecular complexity index is 707. The molecule has 3 rings (SSSR count). The van der Waals surface area contributed by atoms with E-state index < -0.39 is 0 Å². The fourth-order valence-corrected chi connectivity index (χ4v) is 3.68. The summed E-state index contributed by atoms with van der Waals surface area (Å²) >= 11 is 0. The highest BCUT2D eigenvalue weighted by Crippen LogP contribution is 2.28. The lowest BCUT2D eigenvalue weighted by atomic mass is 9.96. The molecule has 1 saturated heterocycles. The number of ether oxygens (including phenoxy) is 1. The summed E-state index contributed by atoms with van der Waals surface area (Å²) in [6.07, 6.45) is 4.99. The normalized spacial score (nSPS) is 18.3. The summed E-state index contributed by atoms with van der Waals surface area (Å²) in [5.41, 5.74) is 5.15. The number of nitrogens with one attached hydrogen (secondary N) is 2. The third kappa shape index (κ3) is 4.59. The zero-order valence-corrected chi connectivity index (χ0v) is 16.3. The standard InChI is InChI=1S/C23H32N2O/c1-4-17(2)18-11-12-23(26-3)20(14-18)16-25-21-9-7-8-19(15-21)22-10-5-6-13-24-22/h7-9,11-12,14-15,17,22,24-25H,4-6,10,13,16H2,1-3H3/t17?,22-/m0/s1. The molecule has 140 valence electrons. The predicted molar refractivity (Wildman–Crippen MR) is 110 cm³/mol. The van der Waals surface area contributed by atoms with E-state index in [2.05, 4.69) is 66.9 Å². The highest BCUT2D eigenvalue weighted by molar-refractivity contribution is 5.49. The van der Waals surface area contributed by atoms with Gasteiger partial charge in [0.2, 0.25) is 0 Å². The average Bonchev–Trinajstić information content (AvgIpc) is 2.72. The van der Waals surface area contributed by atoms with Gasteiger partial charge in [0.25, 0.3) is 0 Å². The van der Waals surface area contributed by atoms with Gasteiger partial charge in [-0.1, -0.05) is 44.5 Å². The lowest BCUT2D eigenvalue weighted by Gasteiger charge is -2.24. The van der Waals surface area contributed by atoms with Gasteiger partial charge in [0.1, 0.15) is 5.75 Å². The SMILES string of the molecule is CCC(C)c1ccc(OC)c(CNc2cccc([C@@H]3CCCCN3)c2)c1. The average molecular weight is 353 g/mol. The van der Waals surface area contributed by atoms with Gasteiger partial charge in [0.05, 0.1) is 7.11 Å². The Morgan fingerprint density at radius 2 is 2.08 bits per heavy atom. The van der Waals surface area contributed by atoms with Crippen LogP contribution in [-0.2, 0) is 6.54 Å². The molecule has 0 amide bonds. The minimum absolute atomic E-state index is 0.494. The van der Waals surface area contributed by atoms with Crippen LogP contribution < -0.4 is 15.4 Å². The van der Waals surface area contributed by atoms with Gasteiger partial charge in [-0.05, 0) is 61.1 Å². The van der Waals surface area contributed by atoms with Gasteiger partial charge in [-0.3, -0.25) is 0 Å². The van der Waals surface area contributed by atoms with Crippen LogP contribution >= 0.6 is 0 Å². The maximum absolute atomic E-state index is 5.57.